The number of amides is 1. The predicted molar refractivity (Wildman–Crippen MR) is 89.5 cm³/mol. The van der Waals surface area contributed by atoms with E-state index in [2.05, 4.69) is 5.32 Å². The second-order valence-corrected chi connectivity index (χ2v) is 6.59. The lowest BCUT2D eigenvalue weighted by atomic mass is 9.96. The first-order valence-corrected chi connectivity index (χ1v) is 8.44. The van der Waals surface area contributed by atoms with Crippen LogP contribution in [0.5, 0.6) is 5.75 Å². The van der Waals surface area contributed by atoms with Crippen molar-refractivity contribution in [1.82, 2.24) is 10.2 Å². The lowest BCUT2D eigenvalue weighted by Gasteiger charge is -2.41. The lowest BCUT2D eigenvalue weighted by molar-refractivity contribution is -0.196. The molecule has 3 unspecified atom stereocenters. The molecule has 0 bridgehead atoms. The van der Waals surface area contributed by atoms with Gasteiger partial charge in [0.05, 0.1) is 7.11 Å². The molecule has 1 amide bonds. The van der Waals surface area contributed by atoms with Crippen molar-refractivity contribution in [1.29, 1.82) is 0 Å². The first-order chi connectivity index (χ1) is 11.7. The Morgan fingerprint density at radius 1 is 1.36 bits per heavy atom. The molecule has 4 nitrogen and oxygen atoms in total. The van der Waals surface area contributed by atoms with E-state index in [1.165, 1.54) is 6.92 Å². The van der Waals surface area contributed by atoms with E-state index < -0.39 is 18.1 Å². The summed E-state index contributed by atoms with van der Waals surface area (Å²) in [7, 11) is 1.61. The first kappa shape index (κ1) is 19.6. The van der Waals surface area contributed by atoms with Crippen LogP contribution in [-0.2, 0) is 11.2 Å². The number of nitrogens with zero attached hydrogens (tertiary/aromatic N) is 1. The fourth-order valence-electron chi connectivity index (χ4n) is 3.46. The number of carbonyl (C=O) groups excluding carboxylic acids is 1. The first-order valence-electron chi connectivity index (χ1n) is 8.44. The second kappa shape index (κ2) is 8.08. The van der Waals surface area contributed by atoms with Gasteiger partial charge in [0, 0.05) is 25.6 Å². The monoisotopic (exact) mass is 358 g/mol. The molecule has 1 aromatic rings. The van der Waals surface area contributed by atoms with Crippen molar-refractivity contribution in [2.24, 2.45) is 0 Å². The molecule has 3 atom stereocenters. The SMILES string of the molecule is COc1ccccc1CC(C)NC1CCC(C(F)(F)F)N(C(C)=O)C1. The Morgan fingerprint density at radius 3 is 2.64 bits per heavy atom. The van der Waals surface area contributed by atoms with Gasteiger partial charge in [-0.3, -0.25) is 4.79 Å². The molecule has 0 radical (unpaired) electrons. The van der Waals surface area contributed by atoms with Gasteiger partial charge in [0.1, 0.15) is 11.8 Å². The van der Waals surface area contributed by atoms with E-state index in [1.807, 2.05) is 31.2 Å². The second-order valence-electron chi connectivity index (χ2n) is 6.59. The summed E-state index contributed by atoms with van der Waals surface area (Å²) >= 11 is 0. The maximum atomic E-state index is 13.1. The van der Waals surface area contributed by atoms with Crippen molar-refractivity contribution in [3.8, 4) is 5.75 Å². The molecule has 7 heteroatoms. The molecular weight excluding hydrogens is 333 g/mol. The molecule has 1 aliphatic heterocycles. The van der Waals surface area contributed by atoms with E-state index in [0.717, 1.165) is 16.2 Å². The highest BCUT2D eigenvalue weighted by Crippen LogP contribution is 2.32. The van der Waals surface area contributed by atoms with Crippen molar-refractivity contribution in [3.05, 3.63) is 29.8 Å². The number of hydrogen-bond donors (Lipinski definition) is 1. The quantitative estimate of drug-likeness (QED) is 0.879. The van der Waals surface area contributed by atoms with Crippen LogP contribution in [0.2, 0.25) is 0 Å². The number of ether oxygens (including phenoxy) is 1. The average Bonchev–Trinajstić information content (AvgIpc) is 2.54. The largest absolute Gasteiger partial charge is 0.496 e. The zero-order chi connectivity index (χ0) is 18.6. The third kappa shape index (κ3) is 5.11. The zero-order valence-corrected chi connectivity index (χ0v) is 14.8. The number of para-hydroxylation sites is 1. The van der Waals surface area contributed by atoms with Crippen molar-refractivity contribution >= 4 is 5.91 Å². The molecule has 1 aromatic carbocycles. The Hall–Kier alpha value is -1.76. The number of nitrogens with one attached hydrogen (secondary N) is 1. The Kier molecular flexibility index (Phi) is 6.32. The lowest BCUT2D eigenvalue weighted by Crippen LogP contribution is -2.58. The number of benzene rings is 1. The van der Waals surface area contributed by atoms with Crippen LogP contribution in [0.4, 0.5) is 13.2 Å². The Bertz CT molecular complexity index is 592. The van der Waals surface area contributed by atoms with Crippen LogP contribution in [0.15, 0.2) is 24.3 Å². The van der Waals surface area contributed by atoms with Crippen molar-refractivity contribution in [2.75, 3.05) is 13.7 Å². The van der Waals surface area contributed by atoms with Gasteiger partial charge in [-0.05, 0) is 37.8 Å². The van der Waals surface area contributed by atoms with Crippen molar-refractivity contribution in [3.63, 3.8) is 0 Å². The molecule has 1 aliphatic rings. The summed E-state index contributed by atoms with van der Waals surface area (Å²) in [5.41, 5.74) is 1.04. The Labute approximate surface area is 146 Å². The van der Waals surface area contributed by atoms with Gasteiger partial charge in [0.2, 0.25) is 5.91 Å². The van der Waals surface area contributed by atoms with Gasteiger partial charge in [-0.1, -0.05) is 18.2 Å². The minimum atomic E-state index is -4.38. The molecule has 140 valence electrons. The molecule has 0 aliphatic carbocycles. The third-order valence-electron chi connectivity index (χ3n) is 4.60. The van der Waals surface area contributed by atoms with Crippen LogP contribution in [0.25, 0.3) is 0 Å². The Balaban J connectivity index is 1.97. The smallest absolute Gasteiger partial charge is 0.408 e. The van der Waals surface area contributed by atoms with Crippen LogP contribution >= 0.6 is 0 Å². The normalized spacial score (nSPS) is 22.6. The molecule has 1 saturated heterocycles. The highest BCUT2D eigenvalue weighted by Gasteiger charge is 2.47. The fourth-order valence-corrected chi connectivity index (χ4v) is 3.46. The number of carbonyl (C=O) groups is 1. The van der Waals surface area contributed by atoms with E-state index in [4.69, 9.17) is 4.74 Å². The van der Waals surface area contributed by atoms with Gasteiger partial charge in [-0.25, -0.2) is 0 Å². The van der Waals surface area contributed by atoms with Gasteiger partial charge < -0.3 is 15.0 Å². The highest BCUT2D eigenvalue weighted by atomic mass is 19.4. The van der Waals surface area contributed by atoms with Crippen LogP contribution in [0.3, 0.4) is 0 Å². The van der Waals surface area contributed by atoms with Crippen LogP contribution in [0.1, 0.15) is 32.3 Å². The van der Waals surface area contributed by atoms with Crippen LogP contribution in [0, 0.1) is 0 Å². The summed E-state index contributed by atoms with van der Waals surface area (Å²) < 4.78 is 44.6. The minimum Gasteiger partial charge on any atom is -0.496 e. The van der Waals surface area contributed by atoms with Gasteiger partial charge in [0.25, 0.3) is 0 Å². The van der Waals surface area contributed by atoms with Gasteiger partial charge >= 0.3 is 6.18 Å². The van der Waals surface area contributed by atoms with Crippen LogP contribution in [-0.4, -0.2) is 48.8 Å². The molecular formula is C18H25F3N2O2. The highest BCUT2D eigenvalue weighted by molar-refractivity contribution is 5.74. The van der Waals surface area contributed by atoms with E-state index in [1.54, 1.807) is 7.11 Å². The van der Waals surface area contributed by atoms with E-state index in [0.29, 0.717) is 12.8 Å². The summed E-state index contributed by atoms with van der Waals surface area (Å²) in [5.74, 6) is 0.258. The van der Waals surface area contributed by atoms with Crippen LogP contribution < -0.4 is 10.1 Å². The maximum absolute atomic E-state index is 13.1. The molecule has 25 heavy (non-hydrogen) atoms. The molecule has 0 aromatic heterocycles. The van der Waals surface area contributed by atoms with E-state index in [-0.39, 0.29) is 25.0 Å². The fraction of sp³-hybridized carbons (Fsp3) is 0.611. The van der Waals surface area contributed by atoms with Crippen molar-refractivity contribution < 1.29 is 22.7 Å². The number of hydrogen-bond acceptors (Lipinski definition) is 3. The summed E-state index contributed by atoms with van der Waals surface area (Å²) in [6.07, 6.45) is -3.35. The van der Waals surface area contributed by atoms with Gasteiger partial charge in [0.15, 0.2) is 0 Å². The molecule has 1 N–H and O–H groups in total. The molecule has 1 heterocycles. The number of piperidine rings is 1. The van der Waals surface area contributed by atoms with E-state index in [9.17, 15) is 18.0 Å². The summed E-state index contributed by atoms with van der Waals surface area (Å²) in [5, 5.41) is 3.36. The van der Waals surface area contributed by atoms with Crippen molar-refractivity contribution in [2.45, 2.75) is 57.4 Å². The summed E-state index contributed by atoms with van der Waals surface area (Å²) in [6.45, 7) is 3.26. The standard InChI is InChI=1S/C18H25F3N2O2/c1-12(10-14-6-4-5-7-16(14)25-3)22-15-8-9-17(18(19,20)21)23(11-15)13(2)24/h4-7,12,15,17,22H,8-11H2,1-3H3. The summed E-state index contributed by atoms with van der Waals surface area (Å²) in [6, 6.07) is 5.91. The number of methoxy groups -OCH3 is 1. The third-order valence-corrected chi connectivity index (χ3v) is 4.60. The number of rotatable bonds is 5. The zero-order valence-electron chi connectivity index (χ0n) is 14.8. The molecule has 0 saturated carbocycles. The summed E-state index contributed by atoms with van der Waals surface area (Å²) in [4.78, 5) is 12.6. The minimum absolute atomic E-state index is 0.0533. The average molecular weight is 358 g/mol. The maximum Gasteiger partial charge on any atom is 0.408 e. The number of likely N-dealkylation sites (tertiary alicyclic amines) is 1. The molecule has 0 spiro atoms. The number of alkyl halides is 3. The Morgan fingerprint density at radius 2 is 2.04 bits per heavy atom. The molecule has 2 rings (SSSR count). The number of halogens is 3. The van der Waals surface area contributed by atoms with Gasteiger partial charge in [-0.15, -0.1) is 0 Å². The predicted octanol–water partition coefficient (Wildman–Crippen LogP) is 3.16. The molecule has 1 fully saturated rings. The van der Waals surface area contributed by atoms with Gasteiger partial charge in [-0.2, -0.15) is 13.2 Å². The topological polar surface area (TPSA) is 41.6 Å². The van der Waals surface area contributed by atoms with E-state index >= 15 is 0 Å².